The van der Waals surface area contributed by atoms with Gasteiger partial charge >= 0.3 is 0 Å². The quantitative estimate of drug-likeness (QED) is 0.886. The van der Waals surface area contributed by atoms with E-state index >= 15 is 0 Å². The Morgan fingerprint density at radius 1 is 1.04 bits per heavy atom. The Morgan fingerprint density at radius 3 is 2.09 bits per heavy atom. The van der Waals surface area contributed by atoms with Gasteiger partial charge in [0.15, 0.2) is 5.82 Å². The van der Waals surface area contributed by atoms with Crippen LogP contribution in [0.15, 0.2) is 18.2 Å². The van der Waals surface area contributed by atoms with Crippen LogP contribution in [0, 0.1) is 0 Å². The maximum atomic E-state index is 11.2. The third-order valence-electron chi connectivity index (χ3n) is 2.63. The van der Waals surface area contributed by atoms with Gasteiger partial charge in [0.25, 0.3) is 0 Å². The summed E-state index contributed by atoms with van der Waals surface area (Å²) in [5.41, 5.74) is 0.428. The minimum Gasteiger partial charge on any atom is -0.496 e. The summed E-state index contributed by atoms with van der Waals surface area (Å²) in [4.78, 5) is 34.7. The van der Waals surface area contributed by atoms with Gasteiger partial charge in [0.05, 0.1) is 17.7 Å². The number of nitrogens with one attached hydrogen (secondary N) is 2. The third kappa shape index (κ3) is 4.13. The Hall–Kier alpha value is -2.74. The van der Waals surface area contributed by atoms with Crippen LogP contribution in [0.2, 0.25) is 5.02 Å². The number of aromatic nitrogens is 3. The zero-order valence-electron chi connectivity index (χ0n) is 12.7. The fraction of sp³-hybridized carbons (Fsp3) is 0.214. The van der Waals surface area contributed by atoms with Crippen molar-refractivity contribution in [3.8, 4) is 17.1 Å². The highest BCUT2D eigenvalue weighted by atomic mass is 35.5. The highest BCUT2D eigenvalue weighted by Gasteiger charge is 2.17. The summed E-state index contributed by atoms with van der Waals surface area (Å²) in [6.07, 6.45) is 0. The molecule has 8 nitrogen and oxygen atoms in total. The second-order valence-electron chi connectivity index (χ2n) is 4.49. The molecule has 1 heterocycles. The van der Waals surface area contributed by atoms with Gasteiger partial charge in [-0.2, -0.15) is 15.0 Å². The molecule has 0 spiro atoms. The average Bonchev–Trinajstić information content (AvgIpc) is 2.45. The topological polar surface area (TPSA) is 106 Å². The number of amides is 2. The molecule has 2 amide bonds. The largest absolute Gasteiger partial charge is 0.496 e. The number of benzene rings is 1. The van der Waals surface area contributed by atoms with Crippen LogP contribution in [0.5, 0.6) is 5.75 Å². The molecule has 0 bridgehead atoms. The molecule has 2 rings (SSSR count). The van der Waals surface area contributed by atoms with Crippen molar-refractivity contribution in [3.63, 3.8) is 0 Å². The first kappa shape index (κ1) is 16.6. The molecule has 23 heavy (non-hydrogen) atoms. The van der Waals surface area contributed by atoms with Gasteiger partial charge in [0.2, 0.25) is 23.7 Å². The number of nitrogens with zero attached hydrogens (tertiary/aromatic N) is 3. The number of halogens is 1. The number of carbonyl (C=O) groups excluding carboxylic acids is 2. The SMILES string of the molecule is COc1cccc(Cl)c1-c1nc(NC(C)=O)nc(NC(C)=O)n1. The van der Waals surface area contributed by atoms with Gasteiger partial charge in [-0.15, -0.1) is 0 Å². The van der Waals surface area contributed by atoms with E-state index in [9.17, 15) is 9.59 Å². The second-order valence-corrected chi connectivity index (χ2v) is 4.89. The molecule has 0 aliphatic heterocycles. The lowest BCUT2D eigenvalue weighted by Gasteiger charge is -2.11. The smallest absolute Gasteiger partial charge is 0.234 e. The minimum atomic E-state index is -0.359. The van der Waals surface area contributed by atoms with Crippen molar-refractivity contribution in [1.29, 1.82) is 0 Å². The molecule has 0 saturated carbocycles. The molecule has 2 aromatic rings. The minimum absolute atomic E-state index is 0.00628. The Morgan fingerprint density at radius 2 is 1.61 bits per heavy atom. The summed E-state index contributed by atoms with van der Waals surface area (Å²) in [6, 6.07) is 5.07. The van der Waals surface area contributed by atoms with Crippen molar-refractivity contribution >= 4 is 35.3 Å². The van der Waals surface area contributed by atoms with Crippen LogP contribution in [0.1, 0.15) is 13.8 Å². The van der Waals surface area contributed by atoms with Gasteiger partial charge in [0.1, 0.15) is 5.75 Å². The van der Waals surface area contributed by atoms with E-state index in [0.29, 0.717) is 16.3 Å². The lowest BCUT2D eigenvalue weighted by atomic mass is 10.2. The van der Waals surface area contributed by atoms with Crippen LogP contribution < -0.4 is 15.4 Å². The van der Waals surface area contributed by atoms with E-state index < -0.39 is 0 Å². The fourth-order valence-electron chi connectivity index (χ4n) is 1.81. The van der Waals surface area contributed by atoms with E-state index in [0.717, 1.165) is 0 Å². The Bertz CT molecular complexity index is 732. The first-order chi connectivity index (χ1) is 10.9. The van der Waals surface area contributed by atoms with E-state index in [-0.39, 0.29) is 29.5 Å². The lowest BCUT2D eigenvalue weighted by molar-refractivity contribution is -0.115. The summed E-state index contributed by atoms with van der Waals surface area (Å²) in [5, 5.41) is 5.26. The number of rotatable bonds is 4. The van der Waals surface area contributed by atoms with Crippen molar-refractivity contribution in [2.45, 2.75) is 13.8 Å². The number of methoxy groups -OCH3 is 1. The maximum absolute atomic E-state index is 11.2. The fourth-order valence-corrected chi connectivity index (χ4v) is 2.06. The molecule has 0 aliphatic carbocycles. The average molecular weight is 336 g/mol. The zero-order chi connectivity index (χ0) is 17.0. The zero-order valence-corrected chi connectivity index (χ0v) is 13.4. The molecule has 0 atom stereocenters. The van der Waals surface area contributed by atoms with Crippen LogP contribution in [-0.2, 0) is 9.59 Å². The molecular formula is C14H14ClN5O3. The van der Waals surface area contributed by atoms with Crippen LogP contribution in [0.3, 0.4) is 0 Å². The molecule has 120 valence electrons. The van der Waals surface area contributed by atoms with Gasteiger partial charge in [-0.3, -0.25) is 20.2 Å². The van der Waals surface area contributed by atoms with Gasteiger partial charge in [-0.1, -0.05) is 17.7 Å². The Balaban J connectivity index is 2.61. The predicted octanol–water partition coefficient (Wildman–Crippen LogP) is 2.12. The molecule has 1 aromatic carbocycles. The molecule has 9 heteroatoms. The summed E-state index contributed by atoms with van der Waals surface area (Å²) in [7, 11) is 1.49. The first-order valence-electron chi connectivity index (χ1n) is 6.55. The van der Waals surface area contributed by atoms with Crippen molar-refractivity contribution in [2.75, 3.05) is 17.7 Å². The van der Waals surface area contributed by atoms with E-state index in [2.05, 4.69) is 25.6 Å². The molecule has 0 saturated heterocycles. The second kappa shape index (κ2) is 7.01. The van der Waals surface area contributed by atoms with Crippen molar-refractivity contribution in [2.24, 2.45) is 0 Å². The first-order valence-corrected chi connectivity index (χ1v) is 6.92. The lowest BCUT2D eigenvalue weighted by Crippen LogP contribution is -2.15. The number of ether oxygens (including phenoxy) is 1. The summed E-state index contributed by atoms with van der Waals surface area (Å²) in [6.45, 7) is 2.63. The highest BCUT2D eigenvalue weighted by Crippen LogP contribution is 2.34. The molecule has 0 aliphatic rings. The standard InChI is InChI=1S/C14H14ClN5O3/c1-7(21)16-13-18-12(19-14(20-13)17-8(2)22)11-9(15)5-4-6-10(11)23-3/h4-6H,1-3H3,(H2,16,17,18,19,20,21,22). The van der Waals surface area contributed by atoms with Gasteiger partial charge in [-0.05, 0) is 12.1 Å². The molecular weight excluding hydrogens is 322 g/mol. The Kier molecular flexibility index (Phi) is 5.07. The molecule has 0 fully saturated rings. The van der Waals surface area contributed by atoms with Crippen LogP contribution in [0.25, 0.3) is 11.4 Å². The molecule has 1 aromatic heterocycles. The van der Waals surface area contributed by atoms with Crippen LogP contribution in [-0.4, -0.2) is 33.9 Å². The van der Waals surface area contributed by atoms with Crippen molar-refractivity contribution in [1.82, 2.24) is 15.0 Å². The van der Waals surface area contributed by atoms with E-state index in [1.807, 2.05) is 0 Å². The highest BCUT2D eigenvalue weighted by molar-refractivity contribution is 6.33. The summed E-state index contributed by atoms with van der Waals surface area (Å²) in [5.74, 6) is -0.119. The van der Waals surface area contributed by atoms with E-state index in [4.69, 9.17) is 16.3 Å². The predicted molar refractivity (Wildman–Crippen MR) is 85.4 cm³/mol. The maximum Gasteiger partial charge on any atom is 0.234 e. The summed E-state index contributed by atoms with van der Waals surface area (Å²) >= 11 is 6.20. The normalized spacial score (nSPS) is 10.1. The number of hydrogen-bond donors (Lipinski definition) is 2. The molecule has 0 unspecified atom stereocenters. The van der Waals surface area contributed by atoms with Gasteiger partial charge in [0, 0.05) is 13.8 Å². The summed E-state index contributed by atoms with van der Waals surface area (Å²) < 4.78 is 5.26. The van der Waals surface area contributed by atoms with Crippen molar-refractivity contribution < 1.29 is 14.3 Å². The number of anilines is 2. The van der Waals surface area contributed by atoms with E-state index in [1.54, 1.807) is 18.2 Å². The Labute approximate surface area is 137 Å². The van der Waals surface area contributed by atoms with Crippen LogP contribution in [0.4, 0.5) is 11.9 Å². The number of hydrogen-bond acceptors (Lipinski definition) is 6. The monoisotopic (exact) mass is 335 g/mol. The van der Waals surface area contributed by atoms with Gasteiger partial charge in [-0.25, -0.2) is 0 Å². The number of carbonyl (C=O) groups is 2. The molecule has 2 N–H and O–H groups in total. The third-order valence-corrected chi connectivity index (χ3v) is 2.94. The van der Waals surface area contributed by atoms with Crippen molar-refractivity contribution in [3.05, 3.63) is 23.2 Å². The molecule has 0 radical (unpaired) electrons. The van der Waals surface area contributed by atoms with Gasteiger partial charge < -0.3 is 4.74 Å². The van der Waals surface area contributed by atoms with Crippen LogP contribution >= 0.6 is 11.6 Å². The van der Waals surface area contributed by atoms with E-state index in [1.165, 1.54) is 21.0 Å².